The number of hydrogen-bond acceptors (Lipinski definition) is 3. The summed E-state index contributed by atoms with van der Waals surface area (Å²) < 4.78 is 1.10. The van der Waals surface area contributed by atoms with E-state index in [1.807, 2.05) is 7.05 Å². The topological polar surface area (TPSA) is 40.5 Å². The first-order valence-electron chi connectivity index (χ1n) is 7.17. The fraction of sp³-hybridized carbons (Fsp3) is 0.667. The minimum Gasteiger partial charge on any atom is -0.481 e. The van der Waals surface area contributed by atoms with Gasteiger partial charge in [0.1, 0.15) is 0 Å². The van der Waals surface area contributed by atoms with E-state index in [0.29, 0.717) is 6.54 Å². The molecule has 0 amide bonds. The summed E-state index contributed by atoms with van der Waals surface area (Å²) in [5.41, 5.74) is -0.542. The van der Waals surface area contributed by atoms with Gasteiger partial charge < -0.3 is 10.0 Å². The Labute approximate surface area is 133 Å². The van der Waals surface area contributed by atoms with Crippen molar-refractivity contribution in [1.29, 1.82) is 0 Å². The largest absolute Gasteiger partial charge is 0.481 e. The highest BCUT2D eigenvalue weighted by atomic mass is 79.9. The van der Waals surface area contributed by atoms with Crippen LogP contribution in [0.3, 0.4) is 0 Å². The molecular formula is C15H22BrNO2S. The fourth-order valence-electron chi connectivity index (χ4n) is 3.12. The Kier molecular flexibility index (Phi) is 5.64. The molecule has 3 nitrogen and oxygen atoms in total. The van der Waals surface area contributed by atoms with Crippen LogP contribution in [0.2, 0.25) is 0 Å². The van der Waals surface area contributed by atoms with Gasteiger partial charge in [-0.25, -0.2) is 0 Å². The van der Waals surface area contributed by atoms with E-state index in [2.05, 4.69) is 32.3 Å². The molecule has 0 unspecified atom stereocenters. The predicted molar refractivity (Wildman–Crippen MR) is 86.1 cm³/mol. The Hall–Kier alpha value is -0.390. The second kappa shape index (κ2) is 7.05. The highest BCUT2D eigenvalue weighted by Crippen LogP contribution is 2.36. The number of carboxylic acid groups (broad SMARTS) is 1. The van der Waals surface area contributed by atoms with Gasteiger partial charge in [-0.05, 0) is 41.9 Å². The van der Waals surface area contributed by atoms with Gasteiger partial charge in [-0.1, -0.05) is 25.7 Å². The van der Waals surface area contributed by atoms with Gasteiger partial charge in [0.25, 0.3) is 0 Å². The van der Waals surface area contributed by atoms with Crippen LogP contribution in [-0.2, 0) is 11.3 Å². The Bertz CT molecular complexity index is 452. The third kappa shape index (κ3) is 4.06. The van der Waals surface area contributed by atoms with Crippen LogP contribution < -0.4 is 0 Å². The first-order valence-corrected chi connectivity index (χ1v) is 8.84. The zero-order chi connectivity index (χ0) is 14.6. The number of hydrogen-bond donors (Lipinski definition) is 1. The van der Waals surface area contributed by atoms with Crippen LogP contribution in [0.5, 0.6) is 0 Å². The Balaban J connectivity index is 2.01. The number of carboxylic acids is 1. The number of aliphatic carboxylic acids is 1. The van der Waals surface area contributed by atoms with E-state index in [1.165, 1.54) is 17.7 Å². The van der Waals surface area contributed by atoms with Gasteiger partial charge in [0.15, 0.2) is 0 Å². The number of carbonyl (C=O) groups is 1. The molecule has 1 aromatic heterocycles. The summed E-state index contributed by atoms with van der Waals surface area (Å²) in [6, 6.07) is 2.11. The zero-order valence-corrected chi connectivity index (χ0v) is 14.3. The minimum absolute atomic E-state index is 0.542. The molecule has 0 bridgehead atoms. The maximum atomic E-state index is 11.8. The van der Waals surface area contributed by atoms with Crippen molar-refractivity contribution in [1.82, 2.24) is 4.90 Å². The third-order valence-corrected chi connectivity index (χ3v) is 5.82. The summed E-state index contributed by atoms with van der Waals surface area (Å²) in [6.07, 6.45) is 6.09. The van der Waals surface area contributed by atoms with Gasteiger partial charge in [-0.15, -0.1) is 11.3 Å². The summed E-state index contributed by atoms with van der Waals surface area (Å²) in [4.78, 5) is 15.2. The Morgan fingerprint density at radius 3 is 2.55 bits per heavy atom. The molecule has 1 heterocycles. The normalized spacial score (nSPS) is 18.9. The molecule has 0 aliphatic heterocycles. The van der Waals surface area contributed by atoms with Crippen LogP contribution in [0.25, 0.3) is 0 Å². The second-order valence-corrected chi connectivity index (χ2v) is 7.81. The number of rotatable bonds is 5. The zero-order valence-electron chi connectivity index (χ0n) is 11.9. The molecule has 1 saturated carbocycles. The molecule has 112 valence electrons. The Morgan fingerprint density at radius 1 is 1.40 bits per heavy atom. The predicted octanol–water partition coefficient (Wildman–Crippen LogP) is 4.37. The lowest BCUT2D eigenvalue weighted by atomic mass is 9.80. The molecule has 5 heteroatoms. The molecule has 0 aromatic carbocycles. The first kappa shape index (κ1) is 16.0. The molecule has 20 heavy (non-hydrogen) atoms. The molecule has 1 N–H and O–H groups in total. The van der Waals surface area contributed by atoms with Crippen molar-refractivity contribution in [2.45, 2.75) is 45.1 Å². The molecule has 0 radical (unpaired) electrons. The standard InChI is InChI=1S/C15H22BrNO2S/c1-17(9-13-8-12(16)10-20-13)11-15(14(18)19)6-4-2-3-5-7-15/h8,10H,2-7,9,11H2,1H3,(H,18,19). The third-order valence-electron chi connectivity index (χ3n) is 4.13. The lowest BCUT2D eigenvalue weighted by molar-refractivity contribution is -0.151. The van der Waals surface area contributed by atoms with Gasteiger partial charge in [0, 0.05) is 27.8 Å². The van der Waals surface area contributed by atoms with Crippen molar-refractivity contribution < 1.29 is 9.90 Å². The quantitative estimate of drug-likeness (QED) is 0.793. The van der Waals surface area contributed by atoms with Gasteiger partial charge >= 0.3 is 5.97 Å². The van der Waals surface area contributed by atoms with Crippen molar-refractivity contribution in [3.63, 3.8) is 0 Å². The minimum atomic E-state index is -0.612. The van der Waals surface area contributed by atoms with Gasteiger partial charge in [-0.3, -0.25) is 4.79 Å². The monoisotopic (exact) mass is 359 g/mol. The molecule has 2 rings (SSSR count). The van der Waals surface area contributed by atoms with E-state index in [-0.39, 0.29) is 0 Å². The SMILES string of the molecule is CN(Cc1cc(Br)cs1)CC1(C(=O)O)CCCCCC1. The van der Waals surface area contributed by atoms with Crippen molar-refractivity contribution in [2.75, 3.05) is 13.6 Å². The van der Waals surface area contributed by atoms with Crippen molar-refractivity contribution in [2.24, 2.45) is 5.41 Å². The molecule has 1 aromatic rings. The van der Waals surface area contributed by atoms with Gasteiger partial charge in [-0.2, -0.15) is 0 Å². The lowest BCUT2D eigenvalue weighted by Crippen LogP contribution is -2.41. The highest BCUT2D eigenvalue weighted by Gasteiger charge is 2.39. The fourth-order valence-corrected chi connectivity index (χ4v) is 4.65. The molecule has 0 saturated heterocycles. The lowest BCUT2D eigenvalue weighted by Gasteiger charge is -2.32. The summed E-state index contributed by atoms with van der Waals surface area (Å²) in [7, 11) is 2.03. The van der Waals surface area contributed by atoms with Crippen LogP contribution in [-0.4, -0.2) is 29.6 Å². The van der Waals surface area contributed by atoms with E-state index in [1.54, 1.807) is 11.3 Å². The van der Waals surface area contributed by atoms with Crippen LogP contribution in [0.15, 0.2) is 15.9 Å². The maximum absolute atomic E-state index is 11.8. The van der Waals surface area contributed by atoms with Crippen LogP contribution in [0.4, 0.5) is 0 Å². The van der Waals surface area contributed by atoms with E-state index < -0.39 is 11.4 Å². The molecule has 1 aliphatic rings. The maximum Gasteiger partial charge on any atom is 0.310 e. The Morgan fingerprint density at radius 2 is 2.05 bits per heavy atom. The van der Waals surface area contributed by atoms with E-state index in [9.17, 15) is 9.90 Å². The van der Waals surface area contributed by atoms with Crippen molar-refractivity contribution in [3.05, 3.63) is 20.8 Å². The number of thiophene rings is 1. The van der Waals surface area contributed by atoms with E-state index in [0.717, 1.165) is 36.7 Å². The first-order chi connectivity index (χ1) is 9.52. The average molecular weight is 360 g/mol. The summed E-state index contributed by atoms with van der Waals surface area (Å²) >= 11 is 5.18. The summed E-state index contributed by atoms with van der Waals surface area (Å²) in [5.74, 6) is -0.612. The second-order valence-electron chi connectivity index (χ2n) is 5.90. The molecule has 0 atom stereocenters. The summed E-state index contributed by atoms with van der Waals surface area (Å²) in [6.45, 7) is 1.48. The van der Waals surface area contributed by atoms with Crippen molar-refractivity contribution >= 4 is 33.2 Å². The molecule has 1 aliphatic carbocycles. The van der Waals surface area contributed by atoms with Crippen LogP contribution in [0, 0.1) is 5.41 Å². The van der Waals surface area contributed by atoms with E-state index >= 15 is 0 Å². The average Bonchev–Trinajstić information content (AvgIpc) is 2.64. The molecule has 1 fully saturated rings. The van der Waals surface area contributed by atoms with Gasteiger partial charge in [0.05, 0.1) is 5.41 Å². The smallest absolute Gasteiger partial charge is 0.310 e. The van der Waals surface area contributed by atoms with E-state index in [4.69, 9.17) is 0 Å². The molecular weight excluding hydrogens is 338 g/mol. The van der Waals surface area contributed by atoms with Crippen molar-refractivity contribution in [3.8, 4) is 0 Å². The summed E-state index contributed by atoms with van der Waals surface area (Å²) in [5, 5.41) is 11.8. The molecule has 0 spiro atoms. The number of nitrogens with zero attached hydrogens (tertiary/aromatic N) is 1. The highest BCUT2D eigenvalue weighted by molar-refractivity contribution is 9.10. The van der Waals surface area contributed by atoms with Crippen LogP contribution in [0.1, 0.15) is 43.4 Å². The van der Waals surface area contributed by atoms with Gasteiger partial charge in [0.2, 0.25) is 0 Å². The van der Waals surface area contributed by atoms with Crippen LogP contribution >= 0.6 is 27.3 Å². The number of halogens is 1.